The summed E-state index contributed by atoms with van der Waals surface area (Å²) >= 11 is 3.50. The summed E-state index contributed by atoms with van der Waals surface area (Å²) in [6, 6.07) is 8.17. The Labute approximate surface area is 82.9 Å². The van der Waals surface area contributed by atoms with Crippen molar-refractivity contribution in [3.63, 3.8) is 0 Å². The summed E-state index contributed by atoms with van der Waals surface area (Å²) in [5.41, 5.74) is 0. The fourth-order valence-corrected chi connectivity index (χ4v) is 2.95. The van der Waals surface area contributed by atoms with E-state index in [9.17, 15) is 0 Å². The van der Waals surface area contributed by atoms with Gasteiger partial charge in [-0.3, -0.25) is 0 Å². The van der Waals surface area contributed by atoms with Crippen LogP contribution in [0, 0.1) is 0 Å². The highest BCUT2D eigenvalue weighted by Crippen LogP contribution is 2.38. The van der Waals surface area contributed by atoms with E-state index in [4.69, 9.17) is 0 Å². The SMILES string of the molecule is C=CP(C=C)c1ccccc1Br. The zero-order valence-electron chi connectivity index (χ0n) is 6.70. The monoisotopic (exact) mass is 240 g/mol. The second-order valence-electron chi connectivity index (χ2n) is 2.22. The standard InChI is InChI=1S/C10H10BrP/c1-3-12(4-2)10-8-6-5-7-9(10)11/h3-8H,1-2H2. The maximum atomic E-state index is 3.79. The quantitative estimate of drug-likeness (QED) is 0.705. The van der Waals surface area contributed by atoms with Crippen molar-refractivity contribution in [1.82, 2.24) is 0 Å². The van der Waals surface area contributed by atoms with Crippen LogP contribution >= 0.6 is 23.9 Å². The first-order valence-electron chi connectivity index (χ1n) is 3.57. The second-order valence-corrected chi connectivity index (χ2v) is 5.10. The first kappa shape index (κ1) is 9.70. The molecule has 0 fully saturated rings. The summed E-state index contributed by atoms with van der Waals surface area (Å²) in [6.45, 7) is 7.57. The summed E-state index contributed by atoms with van der Waals surface area (Å²) in [5.74, 6) is 3.89. The molecule has 0 aliphatic heterocycles. The number of hydrogen-bond acceptors (Lipinski definition) is 0. The van der Waals surface area contributed by atoms with Gasteiger partial charge in [-0.25, -0.2) is 0 Å². The van der Waals surface area contributed by atoms with Gasteiger partial charge in [-0.2, -0.15) is 0 Å². The Kier molecular flexibility index (Phi) is 3.71. The smallest absolute Gasteiger partial charge is 0.0258 e. The highest BCUT2D eigenvalue weighted by Gasteiger charge is 2.04. The second kappa shape index (κ2) is 4.59. The van der Waals surface area contributed by atoms with Crippen molar-refractivity contribution in [1.29, 1.82) is 0 Å². The highest BCUT2D eigenvalue weighted by molar-refractivity contribution is 9.10. The first-order valence-corrected chi connectivity index (χ1v) is 5.85. The van der Waals surface area contributed by atoms with Gasteiger partial charge >= 0.3 is 0 Å². The average Bonchev–Trinajstić information content (AvgIpc) is 2.10. The van der Waals surface area contributed by atoms with Crippen LogP contribution in [0.4, 0.5) is 0 Å². The molecule has 0 nitrogen and oxygen atoms in total. The predicted octanol–water partition coefficient (Wildman–Crippen LogP) is 3.84. The van der Waals surface area contributed by atoms with Crippen LogP contribution in [0.5, 0.6) is 0 Å². The van der Waals surface area contributed by atoms with Crippen LogP contribution in [0.25, 0.3) is 0 Å². The van der Waals surface area contributed by atoms with E-state index in [1.165, 1.54) is 5.30 Å². The van der Waals surface area contributed by atoms with E-state index in [1.807, 2.05) is 29.8 Å². The largest absolute Gasteiger partial charge is 0.0980 e. The third-order valence-corrected chi connectivity index (χ3v) is 4.26. The zero-order chi connectivity index (χ0) is 8.97. The van der Waals surface area contributed by atoms with E-state index < -0.39 is 7.92 Å². The summed E-state index contributed by atoms with van der Waals surface area (Å²) in [6.07, 6.45) is 0. The van der Waals surface area contributed by atoms with Crippen LogP contribution < -0.4 is 5.30 Å². The van der Waals surface area contributed by atoms with Gasteiger partial charge in [0.1, 0.15) is 0 Å². The lowest BCUT2D eigenvalue weighted by molar-refractivity contribution is 1.72. The van der Waals surface area contributed by atoms with E-state index in [-0.39, 0.29) is 0 Å². The van der Waals surface area contributed by atoms with Gasteiger partial charge in [0.15, 0.2) is 0 Å². The molecule has 2 heteroatoms. The van der Waals surface area contributed by atoms with Crippen molar-refractivity contribution < 1.29 is 0 Å². The summed E-state index contributed by atoms with van der Waals surface area (Å²) < 4.78 is 1.14. The van der Waals surface area contributed by atoms with Gasteiger partial charge in [-0.15, -0.1) is 0 Å². The molecule has 1 rings (SSSR count). The number of halogens is 1. The molecule has 0 spiro atoms. The van der Waals surface area contributed by atoms with Gasteiger partial charge in [-0.05, 0) is 19.3 Å². The Bertz CT molecular complexity index is 286. The summed E-state index contributed by atoms with van der Waals surface area (Å²) in [5, 5.41) is 1.28. The van der Waals surface area contributed by atoms with Crippen LogP contribution in [-0.4, -0.2) is 0 Å². The summed E-state index contributed by atoms with van der Waals surface area (Å²) in [7, 11) is -0.391. The van der Waals surface area contributed by atoms with Gasteiger partial charge in [0, 0.05) is 4.47 Å². The number of benzene rings is 1. The predicted molar refractivity (Wildman–Crippen MR) is 61.1 cm³/mol. The first-order chi connectivity index (χ1) is 5.79. The molecule has 1 aromatic rings. The van der Waals surface area contributed by atoms with E-state index in [0.29, 0.717) is 0 Å². The fraction of sp³-hybridized carbons (Fsp3) is 0. The highest BCUT2D eigenvalue weighted by atomic mass is 79.9. The van der Waals surface area contributed by atoms with Crippen molar-refractivity contribution in [2.24, 2.45) is 0 Å². The molecule has 0 radical (unpaired) electrons. The normalized spacial score (nSPS) is 9.83. The molecule has 0 unspecified atom stereocenters. The molecule has 1 aromatic carbocycles. The third-order valence-electron chi connectivity index (χ3n) is 1.52. The summed E-state index contributed by atoms with van der Waals surface area (Å²) in [4.78, 5) is 0. The Hall–Kier alpha value is -0.390. The lowest BCUT2D eigenvalue weighted by atomic mass is 10.4. The lowest BCUT2D eigenvalue weighted by Gasteiger charge is -2.09. The van der Waals surface area contributed by atoms with Gasteiger partial charge < -0.3 is 0 Å². The average molecular weight is 241 g/mol. The Morgan fingerprint density at radius 3 is 2.25 bits per heavy atom. The van der Waals surface area contributed by atoms with E-state index >= 15 is 0 Å². The molecule has 0 amide bonds. The third kappa shape index (κ3) is 2.06. The van der Waals surface area contributed by atoms with Crippen molar-refractivity contribution in [3.8, 4) is 0 Å². The van der Waals surface area contributed by atoms with Gasteiger partial charge in [0.2, 0.25) is 0 Å². The van der Waals surface area contributed by atoms with Gasteiger partial charge in [-0.1, -0.05) is 58.9 Å². The molecule has 0 aromatic heterocycles. The van der Waals surface area contributed by atoms with Gasteiger partial charge in [0.05, 0.1) is 0 Å². The van der Waals surface area contributed by atoms with Crippen molar-refractivity contribution in [2.75, 3.05) is 0 Å². The molecule has 0 aliphatic carbocycles. The fourth-order valence-electron chi connectivity index (χ4n) is 0.932. The minimum atomic E-state index is -0.391. The maximum Gasteiger partial charge on any atom is 0.0258 e. The Balaban J connectivity index is 3.08. The van der Waals surface area contributed by atoms with Crippen LogP contribution in [0.15, 0.2) is 53.5 Å². The van der Waals surface area contributed by atoms with Gasteiger partial charge in [0.25, 0.3) is 0 Å². The molecular weight excluding hydrogens is 231 g/mol. The number of hydrogen-bond donors (Lipinski definition) is 0. The maximum absolute atomic E-state index is 3.79. The van der Waals surface area contributed by atoms with Crippen molar-refractivity contribution in [3.05, 3.63) is 53.5 Å². The molecule has 0 heterocycles. The lowest BCUT2D eigenvalue weighted by Crippen LogP contribution is -1.98. The Morgan fingerprint density at radius 1 is 1.17 bits per heavy atom. The van der Waals surface area contributed by atoms with Crippen LogP contribution in [0.3, 0.4) is 0 Å². The molecule has 0 saturated carbocycles. The molecule has 0 N–H and O–H groups in total. The molecule has 0 atom stereocenters. The van der Waals surface area contributed by atoms with Crippen molar-refractivity contribution >= 4 is 29.2 Å². The molecule has 0 aliphatic rings. The minimum Gasteiger partial charge on any atom is -0.0980 e. The number of rotatable bonds is 3. The molecule has 0 bridgehead atoms. The molecule has 12 heavy (non-hydrogen) atoms. The van der Waals surface area contributed by atoms with Crippen LogP contribution in [0.2, 0.25) is 0 Å². The van der Waals surface area contributed by atoms with Crippen LogP contribution in [-0.2, 0) is 0 Å². The van der Waals surface area contributed by atoms with E-state index in [2.05, 4.69) is 35.2 Å². The molecule has 0 saturated heterocycles. The van der Waals surface area contributed by atoms with E-state index in [0.717, 1.165) is 4.47 Å². The minimum absolute atomic E-state index is 0.391. The van der Waals surface area contributed by atoms with Crippen LogP contribution in [0.1, 0.15) is 0 Å². The molecular formula is C10H10BrP. The zero-order valence-corrected chi connectivity index (χ0v) is 9.18. The Morgan fingerprint density at radius 2 is 1.75 bits per heavy atom. The topological polar surface area (TPSA) is 0 Å². The molecule has 62 valence electrons. The van der Waals surface area contributed by atoms with E-state index in [1.54, 1.807) is 0 Å². The van der Waals surface area contributed by atoms with Crippen molar-refractivity contribution in [2.45, 2.75) is 0 Å².